The number of hydrogen-bond donors (Lipinski definition) is 2. The quantitative estimate of drug-likeness (QED) is 0.566. The van der Waals surface area contributed by atoms with Crippen LogP contribution in [0.5, 0.6) is 5.75 Å². The first-order valence-corrected chi connectivity index (χ1v) is 11.5. The molecule has 2 saturated heterocycles. The Kier molecular flexibility index (Phi) is 5.61. The fraction of sp³-hybridized carbons (Fsp3) is 0.360. The lowest BCUT2D eigenvalue weighted by Crippen LogP contribution is -2.36. The first-order chi connectivity index (χ1) is 15.5. The largest absolute Gasteiger partial charge is 0.506 e. The average Bonchev–Trinajstić information content (AvgIpc) is 3.49. The van der Waals surface area contributed by atoms with Crippen LogP contribution >= 0.6 is 12.2 Å². The van der Waals surface area contributed by atoms with Gasteiger partial charge in [0, 0.05) is 30.7 Å². The SMILES string of the molecule is Cc1cc([C@@H]2[C@H](c3ccccn3)NC(=S)N2C[C@H]2CCCO2)c(C)n1-c1ccccc1O. The highest BCUT2D eigenvalue weighted by Gasteiger charge is 2.42. The molecular weight excluding hydrogens is 420 g/mol. The summed E-state index contributed by atoms with van der Waals surface area (Å²) in [6.45, 7) is 5.74. The molecule has 2 aliphatic heterocycles. The van der Waals surface area contributed by atoms with Crippen molar-refractivity contribution in [3.05, 3.63) is 77.4 Å². The van der Waals surface area contributed by atoms with Crippen molar-refractivity contribution in [1.82, 2.24) is 19.8 Å². The Balaban J connectivity index is 1.60. The third kappa shape index (κ3) is 3.65. The lowest BCUT2D eigenvalue weighted by atomic mass is 9.96. The average molecular weight is 449 g/mol. The van der Waals surface area contributed by atoms with Crippen LogP contribution in [0.3, 0.4) is 0 Å². The molecule has 2 N–H and O–H groups in total. The predicted octanol–water partition coefficient (Wildman–Crippen LogP) is 4.35. The molecule has 2 aliphatic rings. The van der Waals surface area contributed by atoms with Crippen molar-refractivity contribution in [3.63, 3.8) is 0 Å². The molecular formula is C25H28N4O2S. The normalized spacial score (nSPS) is 23.0. The van der Waals surface area contributed by atoms with Gasteiger partial charge in [-0.05, 0) is 74.8 Å². The number of hydrogen-bond acceptors (Lipinski definition) is 4. The predicted molar refractivity (Wildman–Crippen MR) is 128 cm³/mol. The van der Waals surface area contributed by atoms with Crippen molar-refractivity contribution < 1.29 is 9.84 Å². The number of aryl methyl sites for hydroxylation is 1. The Bertz CT molecular complexity index is 1120. The topological polar surface area (TPSA) is 62.5 Å². The minimum atomic E-state index is -0.0663. The molecule has 0 bridgehead atoms. The van der Waals surface area contributed by atoms with Crippen LogP contribution in [0.15, 0.2) is 54.7 Å². The monoisotopic (exact) mass is 448 g/mol. The number of rotatable bonds is 5. The number of nitrogens with one attached hydrogen (secondary N) is 1. The van der Waals surface area contributed by atoms with Crippen molar-refractivity contribution >= 4 is 17.3 Å². The first-order valence-electron chi connectivity index (χ1n) is 11.1. The number of phenolic OH excluding ortho intramolecular Hbond substituents is 1. The van der Waals surface area contributed by atoms with Crippen molar-refractivity contribution in [2.24, 2.45) is 0 Å². The summed E-state index contributed by atoms with van der Waals surface area (Å²) >= 11 is 5.81. The van der Waals surface area contributed by atoms with Gasteiger partial charge in [0.25, 0.3) is 0 Å². The van der Waals surface area contributed by atoms with Crippen LogP contribution in [0.2, 0.25) is 0 Å². The highest BCUT2D eigenvalue weighted by atomic mass is 32.1. The van der Waals surface area contributed by atoms with E-state index in [0.29, 0.717) is 0 Å². The van der Waals surface area contributed by atoms with Crippen LogP contribution in [-0.4, -0.2) is 43.9 Å². The van der Waals surface area contributed by atoms with Gasteiger partial charge in [0.05, 0.1) is 29.6 Å². The second kappa shape index (κ2) is 8.56. The molecule has 0 unspecified atom stereocenters. The van der Waals surface area contributed by atoms with Gasteiger partial charge in [-0.25, -0.2) is 0 Å². The fourth-order valence-electron chi connectivity index (χ4n) is 5.06. The van der Waals surface area contributed by atoms with Crippen molar-refractivity contribution in [2.45, 2.75) is 44.9 Å². The maximum absolute atomic E-state index is 10.5. The van der Waals surface area contributed by atoms with Gasteiger partial charge in [-0.1, -0.05) is 18.2 Å². The van der Waals surface area contributed by atoms with E-state index in [1.807, 2.05) is 42.6 Å². The number of para-hydroxylation sites is 2. The summed E-state index contributed by atoms with van der Waals surface area (Å²) in [6.07, 6.45) is 4.15. The Morgan fingerprint density at radius 1 is 1.19 bits per heavy atom. The van der Waals surface area contributed by atoms with E-state index >= 15 is 0 Å². The molecule has 4 heterocycles. The molecule has 7 heteroatoms. The smallest absolute Gasteiger partial charge is 0.170 e. The summed E-state index contributed by atoms with van der Waals surface area (Å²) in [5.74, 6) is 0.262. The van der Waals surface area contributed by atoms with E-state index in [4.69, 9.17) is 17.0 Å². The van der Waals surface area contributed by atoms with Crippen molar-refractivity contribution in [2.75, 3.05) is 13.2 Å². The summed E-state index contributed by atoms with van der Waals surface area (Å²) in [6, 6.07) is 15.6. The number of thiocarbonyl (C=S) groups is 1. The number of phenols is 1. The molecule has 0 radical (unpaired) electrons. The first kappa shape index (κ1) is 21.0. The number of benzene rings is 1. The van der Waals surface area contributed by atoms with Crippen LogP contribution in [-0.2, 0) is 4.74 Å². The molecule has 3 aromatic rings. The summed E-state index contributed by atoms with van der Waals surface area (Å²) in [5, 5.41) is 14.8. The van der Waals surface area contributed by atoms with Gasteiger partial charge in [0.15, 0.2) is 5.11 Å². The zero-order valence-electron chi connectivity index (χ0n) is 18.4. The summed E-state index contributed by atoms with van der Waals surface area (Å²) in [7, 11) is 0. The zero-order chi connectivity index (χ0) is 22.2. The molecule has 0 amide bonds. The molecule has 2 fully saturated rings. The van der Waals surface area contributed by atoms with E-state index in [2.05, 4.69) is 39.7 Å². The van der Waals surface area contributed by atoms with Crippen molar-refractivity contribution in [3.8, 4) is 11.4 Å². The number of aromatic hydroxyl groups is 1. The van der Waals surface area contributed by atoms with E-state index in [9.17, 15) is 5.11 Å². The minimum absolute atomic E-state index is 0.0209. The lowest BCUT2D eigenvalue weighted by molar-refractivity contribution is 0.0842. The van der Waals surface area contributed by atoms with Gasteiger partial charge in [0.1, 0.15) is 5.75 Å². The highest BCUT2D eigenvalue weighted by Crippen LogP contribution is 2.42. The third-order valence-corrected chi connectivity index (χ3v) is 6.89. The number of ether oxygens (including phenoxy) is 1. The highest BCUT2D eigenvalue weighted by molar-refractivity contribution is 7.80. The van der Waals surface area contributed by atoms with Gasteiger partial charge in [0.2, 0.25) is 0 Å². The molecule has 0 spiro atoms. The molecule has 32 heavy (non-hydrogen) atoms. The van der Waals surface area contributed by atoms with Crippen LogP contribution < -0.4 is 5.32 Å². The second-order valence-electron chi connectivity index (χ2n) is 8.56. The Labute approximate surface area is 193 Å². The molecule has 166 valence electrons. The van der Waals surface area contributed by atoms with Gasteiger partial charge >= 0.3 is 0 Å². The third-order valence-electron chi connectivity index (χ3n) is 6.53. The van der Waals surface area contributed by atoms with Gasteiger partial charge in [-0.3, -0.25) is 4.98 Å². The Hall–Kier alpha value is -2.90. The van der Waals surface area contributed by atoms with Crippen LogP contribution in [0.4, 0.5) is 0 Å². The van der Waals surface area contributed by atoms with Crippen LogP contribution in [0.25, 0.3) is 5.69 Å². The number of aromatic nitrogens is 2. The molecule has 5 rings (SSSR count). The molecule has 3 atom stereocenters. The number of pyridine rings is 1. The van der Waals surface area contributed by atoms with E-state index in [0.717, 1.165) is 53.9 Å². The molecule has 0 aliphatic carbocycles. The van der Waals surface area contributed by atoms with Gasteiger partial charge < -0.3 is 24.6 Å². The molecule has 2 aromatic heterocycles. The maximum atomic E-state index is 10.5. The van der Waals surface area contributed by atoms with E-state index in [1.54, 1.807) is 6.07 Å². The standard InChI is InChI=1S/C25H28N4O2S/c1-16-14-19(17(2)29(16)21-10-3-4-11-22(21)30)24-23(20-9-5-6-12-26-20)27-25(32)28(24)15-18-8-7-13-31-18/h3-6,9-12,14,18,23-24,30H,7-8,13,15H2,1-2H3,(H,27,32)/t18-,23+,24-/m1/s1. The van der Waals surface area contributed by atoms with E-state index in [1.165, 1.54) is 5.56 Å². The van der Waals surface area contributed by atoms with Crippen molar-refractivity contribution in [1.29, 1.82) is 0 Å². The van der Waals surface area contributed by atoms with Gasteiger partial charge in [-0.2, -0.15) is 0 Å². The Morgan fingerprint density at radius 3 is 2.72 bits per heavy atom. The fourth-order valence-corrected chi connectivity index (χ4v) is 5.37. The molecule has 1 aromatic carbocycles. The molecule has 0 saturated carbocycles. The minimum Gasteiger partial charge on any atom is -0.506 e. The zero-order valence-corrected chi connectivity index (χ0v) is 19.2. The maximum Gasteiger partial charge on any atom is 0.170 e. The van der Waals surface area contributed by atoms with E-state index < -0.39 is 0 Å². The van der Waals surface area contributed by atoms with Crippen LogP contribution in [0, 0.1) is 13.8 Å². The Morgan fingerprint density at radius 2 is 2.00 bits per heavy atom. The summed E-state index contributed by atoms with van der Waals surface area (Å²) < 4.78 is 8.07. The second-order valence-corrected chi connectivity index (χ2v) is 8.95. The molecule has 6 nitrogen and oxygen atoms in total. The summed E-state index contributed by atoms with van der Waals surface area (Å²) in [5.41, 5.74) is 5.06. The van der Waals surface area contributed by atoms with Gasteiger partial charge in [-0.15, -0.1) is 0 Å². The number of nitrogens with zero attached hydrogens (tertiary/aromatic N) is 3. The lowest BCUT2D eigenvalue weighted by Gasteiger charge is -2.30. The summed E-state index contributed by atoms with van der Waals surface area (Å²) in [4.78, 5) is 6.91. The van der Waals surface area contributed by atoms with Crippen LogP contribution in [0.1, 0.15) is 47.6 Å². The van der Waals surface area contributed by atoms with E-state index in [-0.39, 0.29) is 23.9 Å².